The number of aryl methyl sites for hydroxylation is 1. The van der Waals surface area contributed by atoms with E-state index in [-0.39, 0.29) is 17.5 Å². The Morgan fingerprint density at radius 2 is 1.86 bits per heavy atom. The average molecular weight is 293 g/mol. The minimum absolute atomic E-state index is 0.179. The molecule has 118 valence electrons. The van der Waals surface area contributed by atoms with Gasteiger partial charge in [0.15, 0.2) is 0 Å². The summed E-state index contributed by atoms with van der Waals surface area (Å²) in [5.41, 5.74) is 8.22. The number of hydrogen-bond acceptors (Lipinski definition) is 2. The Morgan fingerprint density at radius 1 is 1.24 bits per heavy atom. The van der Waals surface area contributed by atoms with Gasteiger partial charge in [-0.3, -0.25) is 0 Å². The molecule has 0 heterocycles. The maximum absolute atomic E-state index is 13.5. The van der Waals surface area contributed by atoms with Gasteiger partial charge in [0.2, 0.25) is 0 Å². The Morgan fingerprint density at radius 3 is 2.38 bits per heavy atom. The zero-order chi connectivity index (χ0) is 15.7. The molecule has 0 spiro atoms. The first kappa shape index (κ1) is 16.4. The van der Waals surface area contributed by atoms with Gasteiger partial charge in [-0.15, -0.1) is 0 Å². The van der Waals surface area contributed by atoms with Crippen molar-refractivity contribution in [2.75, 3.05) is 6.61 Å². The van der Waals surface area contributed by atoms with Gasteiger partial charge in [0.1, 0.15) is 5.82 Å². The molecule has 0 aromatic heterocycles. The third-order valence-electron chi connectivity index (χ3n) is 4.99. The molecule has 1 atom stereocenters. The van der Waals surface area contributed by atoms with Crippen LogP contribution in [0.15, 0.2) is 18.2 Å². The molecule has 1 aromatic carbocycles. The van der Waals surface area contributed by atoms with Crippen LogP contribution in [0.5, 0.6) is 0 Å². The molecule has 2 nitrogen and oxygen atoms in total. The highest BCUT2D eigenvalue weighted by Crippen LogP contribution is 2.46. The van der Waals surface area contributed by atoms with Gasteiger partial charge in [-0.1, -0.05) is 26.0 Å². The van der Waals surface area contributed by atoms with E-state index < -0.39 is 0 Å². The van der Waals surface area contributed by atoms with Crippen LogP contribution >= 0.6 is 0 Å². The molecule has 21 heavy (non-hydrogen) atoms. The van der Waals surface area contributed by atoms with Crippen molar-refractivity contribution < 1.29 is 9.13 Å². The Balaban J connectivity index is 2.27. The largest absolute Gasteiger partial charge is 0.373 e. The van der Waals surface area contributed by atoms with Gasteiger partial charge >= 0.3 is 0 Å². The second kappa shape index (κ2) is 6.05. The van der Waals surface area contributed by atoms with Crippen molar-refractivity contribution >= 4 is 0 Å². The summed E-state index contributed by atoms with van der Waals surface area (Å²) in [5, 5.41) is 0. The normalized spacial score (nSPS) is 22.0. The number of nitrogens with two attached hydrogens (primary N) is 1. The fourth-order valence-electron chi connectivity index (χ4n) is 3.35. The molecule has 2 rings (SSSR count). The topological polar surface area (TPSA) is 35.2 Å². The Hall–Kier alpha value is -0.930. The molecule has 0 radical (unpaired) electrons. The van der Waals surface area contributed by atoms with Crippen molar-refractivity contribution in [2.24, 2.45) is 11.1 Å². The summed E-state index contributed by atoms with van der Waals surface area (Å²) in [7, 11) is 0. The number of hydrogen-bond donors (Lipinski definition) is 1. The molecule has 1 fully saturated rings. The van der Waals surface area contributed by atoms with Crippen LogP contribution in [0.25, 0.3) is 0 Å². The lowest BCUT2D eigenvalue weighted by atomic mass is 9.67. The van der Waals surface area contributed by atoms with E-state index in [2.05, 4.69) is 13.8 Å². The van der Waals surface area contributed by atoms with E-state index in [1.807, 2.05) is 13.0 Å². The summed E-state index contributed by atoms with van der Waals surface area (Å²) in [6.07, 6.45) is 4.15. The molecule has 1 saturated carbocycles. The van der Waals surface area contributed by atoms with Gasteiger partial charge in [0.05, 0.1) is 11.6 Å². The number of rotatable bonds is 4. The fourth-order valence-corrected chi connectivity index (χ4v) is 3.35. The molecule has 1 unspecified atom stereocenters. The molecule has 0 bridgehead atoms. The summed E-state index contributed by atoms with van der Waals surface area (Å²) >= 11 is 0. The minimum Gasteiger partial charge on any atom is -0.373 e. The van der Waals surface area contributed by atoms with Crippen molar-refractivity contribution in [3.8, 4) is 0 Å². The number of halogens is 1. The smallest absolute Gasteiger partial charge is 0.126 e. The van der Waals surface area contributed by atoms with Crippen molar-refractivity contribution in [1.82, 2.24) is 0 Å². The number of ether oxygens (including phenoxy) is 1. The fraction of sp³-hybridized carbons (Fsp3) is 0.667. The summed E-state index contributed by atoms with van der Waals surface area (Å²) in [6, 6.07) is 4.97. The Bertz CT molecular complexity index is 488. The predicted octanol–water partition coefficient (Wildman–Crippen LogP) is 4.51. The first-order valence-corrected chi connectivity index (χ1v) is 7.95. The molecule has 3 heteroatoms. The highest BCUT2D eigenvalue weighted by Gasteiger charge is 2.43. The van der Waals surface area contributed by atoms with Crippen LogP contribution < -0.4 is 5.73 Å². The summed E-state index contributed by atoms with van der Waals surface area (Å²) in [5.74, 6) is -0.179. The van der Waals surface area contributed by atoms with Gasteiger partial charge in [0.25, 0.3) is 0 Å². The Kier molecular flexibility index (Phi) is 4.74. The molecule has 1 aromatic rings. The van der Waals surface area contributed by atoms with Gasteiger partial charge in [-0.25, -0.2) is 4.39 Å². The molecule has 0 amide bonds. The van der Waals surface area contributed by atoms with E-state index in [4.69, 9.17) is 10.5 Å². The molecule has 0 aliphatic heterocycles. The zero-order valence-electron chi connectivity index (χ0n) is 13.7. The van der Waals surface area contributed by atoms with E-state index >= 15 is 0 Å². The van der Waals surface area contributed by atoms with Gasteiger partial charge in [-0.05, 0) is 62.1 Å². The highest BCUT2D eigenvalue weighted by molar-refractivity contribution is 5.28. The van der Waals surface area contributed by atoms with Crippen molar-refractivity contribution in [2.45, 2.75) is 65.0 Å². The van der Waals surface area contributed by atoms with Gasteiger partial charge < -0.3 is 10.5 Å². The van der Waals surface area contributed by atoms with Gasteiger partial charge in [0, 0.05) is 6.61 Å². The molecule has 1 aliphatic rings. The van der Waals surface area contributed by atoms with Crippen LogP contribution in [-0.4, -0.2) is 12.2 Å². The van der Waals surface area contributed by atoms with Crippen molar-refractivity contribution in [3.63, 3.8) is 0 Å². The second-order valence-corrected chi connectivity index (χ2v) is 7.15. The van der Waals surface area contributed by atoms with E-state index in [0.29, 0.717) is 17.6 Å². The first-order valence-electron chi connectivity index (χ1n) is 7.95. The maximum Gasteiger partial charge on any atom is 0.126 e. The molecule has 2 N–H and O–H groups in total. The maximum atomic E-state index is 13.5. The minimum atomic E-state index is -0.311. The van der Waals surface area contributed by atoms with Crippen LogP contribution in [0.1, 0.15) is 63.6 Å². The summed E-state index contributed by atoms with van der Waals surface area (Å²) < 4.78 is 19.6. The van der Waals surface area contributed by atoms with Crippen molar-refractivity contribution in [1.29, 1.82) is 0 Å². The van der Waals surface area contributed by atoms with E-state index in [0.717, 1.165) is 31.2 Å². The van der Waals surface area contributed by atoms with Crippen LogP contribution in [0, 0.1) is 18.2 Å². The Labute approximate surface area is 127 Å². The first-order chi connectivity index (χ1) is 9.80. The molecule has 1 aliphatic carbocycles. The van der Waals surface area contributed by atoms with Gasteiger partial charge in [-0.2, -0.15) is 0 Å². The van der Waals surface area contributed by atoms with E-state index in [1.165, 1.54) is 6.07 Å². The van der Waals surface area contributed by atoms with E-state index in [1.54, 1.807) is 13.0 Å². The van der Waals surface area contributed by atoms with Crippen molar-refractivity contribution in [3.05, 3.63) is 35.1 Å². The van der Waals surface area contributed by atoms with E-state index in [9.17, 15) is 4.39 Å². The molecule has 0 saturated heterocycles. The van der Waals surface area contributed by atoms with Crippen LogP contribution in [-0.2, 0) is 4.74 Å². The summed E-state index contributed by atoms with van der Waals surface area (Å²) in [6.45, 7) is 9.06. The molecular weight excluding hydrogens is 265 g/mol. The highest BCUT2D eigenvalue weighted by atomic mass is 19.1. The quantitative estimate of drug-likeness (QED) is 0.886. The predicted molar refractivity (Wildman–Crippen MR) is 84.7 cm³/mol. The SMILES string of the molecule is CCOC1(C(N)c2ccc(F)c(C)c2)CCC(C)(C)CC1. The van der Waals surface area contributed by atoms with Crippen LogP contribution in [0.3, 0.4) is 0 Å². The van der Waals surface area contributed by atoms with Crippen LogP contribution in [0.2, 0.25) is 0 Å². The monoisotopic (exact) mass is 293 g/mol. The standard InChI is InChI=1S/C18H28FNO/c1-5-21-18(10-8-17(3,4)9-11-18)16(20)14-6-7-15(19)13(2)12-14/h6-7,12,16H,5,8-11,20H2,1-4H3. The lowest BCUT2D eigenvalue weighted by molar-refractivity contribution is -0.100. The lowest BCUT2D eigenvalue weighted by Gasteiger charge is -2.46. The number of benzene rings is 1. The lowest BCUT2D eigenvalue weighted by Crippen LogP contribution is -2.48. The average Bonchev–Trinajstić information content (AvgIpc) is 2.44. The zero-order valence-corrected chi connectivity index (χ0v) is 13.7. The second-order valence-electron chi connectivity index (χ2n) is 7.15. The molecular formula is C18H28FNO. The van der Waals surface area contributed by atoms with Crippen LogP contribution in [0.4, 0.5) is 4.39 Å². The third-order valence-corrected chi connectivity index (χ3v) is 4.99. The third kappa shape index (κ3) is 3.46. The summed E-state index contributed by atoms with van der Waals surface area (Å²) in [4.78, 5) is 0.